The molecule has 1 atom stereocenters. The molecular weight excluding hydrogens is 659 g/mol. The van der Waals surface area contributed by atoms with Crippen LogP contribution < -0.4 is 23.3 Å². The van der Waals surface area contributed by atoms with Crippen molar-refractivity contribution in [2.24, 2.45) is 5.92 Å². The van der Waals surface area contributed by atoms with Gasteiger partial charge in [0.15, 0.2) is 47.8 Å². The van der Waals surface area contributed by atoms with Crippen LogP contribution in [0.4, 0.5) is 0 Å². The van der Waals surface area contributed by atoms with E-state index >= 15 is 0 Å². The molecule has 0 N–H and O–H groups in total. The second kappa shape index (κ2) is 15.1. The van der Waals surface area contributed by atoms with E-state index in [0.717, 1.165) is 0 Å². The molecule has 0 fully saturated rings. The molecule has 256 valence electrons. The van der Waals surface area contributed by atoms with Gasteiger partial charge in [0, 0.05) is 6.42 Å². The van der Waals surface area contributed by atoms with Gasteiger partial charge >= 0.3 is 42.8 Å². The minimum Gasteiger partial charge on any atom is -0.457 e. The van der Waals surface area contributed by atoms with E-state index in [1.807, 2.05) is 0 Å². The van der Waals surface area contributed by atoms with Crippen LogP contribution in [0.25, 0.3) is 0 Å². The van der Waals surface area contributed by atoms with Crippen LogP contribution in [0.2, 0.25) is 0 Å². The zero-order valence-corrected chi connectivity index (χ0v) is 26.3. The molecule has 0 amide bonds. The molecule has 0 aliphatic rings. The van der Waals surface area contributed by atoms with E-state index < -0.39 is 81.3 Å². The van der Waals surface area contributed by atoms with E-state index in [9.17, 15) is 33.3 Å². The van der Waals surface area contributed by atoms with E-state index in [1.54, 1.807) is 0 Å². The van der Waals surface area contributed by atoms with Crippen molar-refractivity contribution in [1.82, 2.24) is 0 Å². The Morgan fingerprint density at radius 2 is 0.957 bits per heavy atom. The second-order valence-corrected chi connectivity index (χ2v) is 12.1. The number of ether oxygens (including phenoxy) is 2. The zero-order chi connectivity index (χ0) is 34.3. The van der Waals surface area contributed by atoms with E-state index in [1.165, 1.54) is 27.7 Å². The van der Waals surface area contributed by atoms with Gasteiger partial charge in [-0.1, -0.05) is 0 Å². The monoisotopic (exact) mass is 688 g/mol. The Morgan fingerprint density at radius 1 is 0.574 bits per heavy atom. The first-order valence-electron chi connectivity index (χ1n) is 13.8. The lowest BCUT2D eigenvalue weighted by Crippen LogP contribution is -2.21. The highest BCUT2D eigenvalue weighted by molar-refractivity contribution is 7.53. The van der Waals surface area contributed by atoms with Gasteiger partial charge < -0.3 is 53.9 Å². The number of esters is 2. The lowest BCUT2D eigenvalue weighted by molar-refractivity contribution is -0.152. The van der Waals surface area contributed by atoms with Gasteiger partial charge in [0.2, 0.25) is 0 Å². The molecule has 0 aromatic carbocycles. The zero-order valence-electron chi connectivity index (χ0n) is 25.4. The number of carbonyl (C=O) groups is 2. The fraction of sp³-hybridized carbons (Fsp3) is 0.481. The van der Waals surface area contributed by atoms with Gasteiger partial charge in [0.05, 0.1) is 12.1 Å². The number of rotatable bonds is 17. The average Bonchev–Trinajstić information content (AvgIpc) is 3.72. The Balaban J connectivity index is 1.47. The lowest BCUT2D eigenvalue weighted by Gasteiger charge is -2.21. The maximum atomic E-state index is 13.9. The predicted octanol–water partition coefficient (Wildman–Crippen LogP) is 3.30. The van der Waals surface area contributed by atoms with Crippen molar-refractivity contribution in [2.45, 2.75) is 73.4 Å². The van der Waals surface area contributed by atoms with Crippen molar-refractivity contribution in [3.05, 3.63) is 88.5 Å². The molecule has 4 heterocycles. The second-order valence-electron chi connectivity index (χ2n) is 9.91. The molecule has 0 bridgehead atoms. The Labute approximate surface area is 261 Å². The summed E-state index contributed by atoms with van der Waals surface area (Å²) in [5, 5.41) is 0. The van der Waals surface area contributed by atoms with Gasteiger partial charge in [-0.2, -0.15) is 0 Å². The molecule has 4 aromatic rings. The maximum Gasteiger partial charge on any atom is 0.519 e. The smallest absolute Gasteiger partial charge is 0.457 e. The van der Waals surface area contributed by atoms with Crippen molar-refractivity contribution in [2.75, 3.05) is 6.16 Å². The van der Waals surface area contributed by atoms with Crippen LogP contribution in [-0.2, 0) is 59.1 Å². The summed E-state index contributed by atoms with van der Waals surface area (Å²) < 4.78 is 73.7. The highest BCUT2D eigenvalue weighted by Gasteiger charge is 2.32. The average molecular weight is 688 g/mol. The van der Waals surface area contributed by atoms with Crippen LogP contribution >= 0.6 is 7.60 Å². The summed E-state index contributed by atoms with van der Waals surface area (Å²) in [4.78, 5) is 71.2. The van der Waals surface area contributed by atoms with E-state index in [2.05, 4.69) is 0 Å². The van der Waals surface area contributed by atoms with Crippen LogP contribution in [0.15, 0.2) is 54.5 Å². The lowest BCUT2D eigenvalue weighted by atomic mass is 10.0. The summed E-state index contributed by atoms with van der Waals surface area (Å²) in [6.45, 7) is 3.72. The molecule has 19 nitrogen and oxygen atoms in total. The molecule has 0 saturated heterocycles. The van der Waals surface area contributed by atoms with Gasteiger partial charge in [-0.3, -0.25) is 14.2 Å². The van der Waals surface area contributed by atoms with Crippen molar-refractivity contribution in [3.8, 4) is 0 Å². The highest BCUT2D eigenvalue weighted by atomic mass is 31.2. The highest BCUT2D eigenvalue weighted by Crippen LogP contribution is 2.51. The minimum atomic E-state index is -4.21. The van der Waals surface area contributed by atoms with Crippen LogP contribution in [-0.4, -0.2) is 18.1 Å². The number of aryl methyl sites for hydroxylation is 4. The molecule has 0 radical (unpaired) electrons. The first kappa shape index (κ1) is 35.0. The van der Waals surface area contributed by atoms with Crippen LogP contribution in [0.1, 0.15) is 65.3 Å². The third-order valence-corrected chi connectivity index (χ3v) is 8.47. The van der Waals surface area contributed by atoms with E-state index in [0.29, 0.717) is 0 Å². The largest absolute Gasteiger partial charge is 0.519 e. The Morgan fingerprint density at radius 3 is 1.34 bits per heavy atom. The summed E-state index contributed by atoms with van der Waals surface area (Å²) in [6, 6.07) is 0. The van der Waals surface area contributed by atoms with Crippen molar-refractivity contribution in [3.63, 3.8) is 0 Å². The summed E-state index contributed by atoms with van der Waals surface area (Å²) in [6.07, 6.45) is -1.24. The molecular formula is C27H29O19P. The Hall–Kier alpha value is -4.87. The minimum absolute atomic E-state index is 0.00101. The molecule has 20 heteroatoms. The van der Waals surface area contributed by atoms with E-state index in [4.69, 9.17) is 53.9 Å². The van der Waals surface area contributed by atoms with E-state index in [-0.39, 0.29) is 65.3 Å². The fourth-order valence-corrected chi connectivity index (χ4v) is 5.55. The van der Waals surface area contributed by atoms with Crippen LogP contribution in [0.3, 0.4) is 0 Å². The Bertz CT molecular complexity index is 1900. The molecule has 47 heavy (non-hydrogen) atoms. The quantitative estimate of drug-likeness (QED) is 0.114. The normalized spacial score (nSPS) is 12.3. The molecule has 0 aliphatic heterocycles. The summed E-state index contributed by atoms with van der Waals surface area (Å²) >= 11 is 0. The molecule has 1 unspecified atom stereocenters. The van der Waals surface area contributed by atoms with Crippen molar-refractivity contribution in [1.29, 1.82) is 0 Å². The maximum absolute atomic E-state index is 13.9. The van der Waals surface area contributed by atoms with Crippen molar-refractivity contribution >= 4 is 19.5 Å². The Kier molecular flexibility index (Phi) is 11.3. The summed E-state index contributed by atoms with van der Waals surface area (Å²) in [7, 11) is -4.21. The predicted molar refractivity (Wildman–Crippen MR) is 147 cm³/mol. The fourth-order valence-electron chi connectivity index (χ4n) is 3.96. The number of hydrogen-bond acceptors (Lipinski definition) is 19. The van der Waals surface area contributed by atoms with Gasteiger partial charge in [-0.05, 0) is 40.5 Å². The molecule has 0 spiro atoms. The topological polar surface area (TPSA) is 262 Å². The van der Waals surface area contributed by atoms with Gasteiger partial charge in [0.25, 0.3) is 0 Å². The summed E-state index contributed by atoms with van der Waals surface area (Å²) in [5.41, 5.74) is 0. The first-order chi connectivity index (χ1) is 22.2. The summed E-state index contributed by atoms with van der Waals surface area (Å²) in [5.74, 6) is -6.68. The SMILES string of the molecule is Cc1oc(=O)oc1COC(=O)CCC(CCP(=O)(OCc1oc(=O)oc1C)OCc1oc(=O)oc1C)C(=O)OCc1oc(=O)oc1C. The molecule has 4 aromatic heterocycles. The van der Waals surface area contributed by atoms with Gasteiger partial charge in [-0.15, -0.1) is 0 Å². The van der Waals surface area contributed by atoms with Crippen LogP contribution in [0.5, 0.6) is 0 Å². The third kappa shape index (κ3) is 9.81. The standard InChI is InChI=1S/C27H29O19P/c1-13-18(43-24(30)39-13)9-35-22(28)6-5-17(23(29)36-10-19-14(2)40-25(31)44-19)7-8-47(34,37-11-20-15(3)41-26(32)45-20)38-12-21-16(4)42-27(33)46-21/h17H,5-12H2,1-4H3. The van der Waals surface area contributed by atoms with Crippen molar-refractivity contribution < 1.29 is 68.0 Å². The van der Waals surface area contributed by atoms with Gasteiger partial charge in [-0.25, -0.2) is 19.2 Å². The molecule has 0 saturated carbocycles. The van der Waals surface area contributed by atoms with Gasteiger partial charge in [0.1, 0.15) is 24.7 Å². The van der Waals surface area contributed by atoms with Crippen LogP contribution in [0, 0.1) is 33.6 Å². The third-order valence-electron chi connectivity index (χ3n) is 6.62. The number of hydrogen-bond donors (Lipinski definition) is 0. The molecule has 0 aliphatic carbocycles. The first-order valence-corrected chi connectivity index (χ1v) is 15.5. The number of carbonyl (C=O) groups excluding carboxylic acids is 2. The molecule has 4 rings (SSSR count).